The molecule has 0 radical (unpaired) electrons. The largest absolute Gasteiger partial charge is 0.341 e. The summed E-state index contributed by atoms with van der Waals surface area (Å²) in [7, 11) is 0. The molecular formula is C13H24N2O. The molecule has 3 atom stereocenters. The van der Waals surface area contributed by atoms with Crippen LogP contribution in [-0.4, -0.2) is 36.5 Å². The van der Waals surface area contributed by atoms with Crippen LogP contribution in [0.1, 0.15) is 39.5 Å². The molecule has 0 aromatic carbocycles. The average Bonchev–Trinajstić information content (AvgIpc) is 3.03. The lowest BCUT2D eigenvalue weighted by molar-refractivity contribution is -0.134. The van der Waals surface area contributed by atoms with E-state index in [2.05, 4.69) is 24.1 Å². The van der Waals surface area contributed by atoms with Crippen molar-refractivity contribution in [3.05, 3.63) is 0 Å². The Morgan fingerprint density at radius 1 is 1.50 bits per heavy atom. The van der Waals surface area contributed by atoms with Crippen molar-refractivity contribution in [1.29, 1.82) is 0 Å². The molecule has 1 heterocycles. The number of carbonyl (C=O) groups is 1. The van der Waals surface area contributed by atoms with Crippen molar-refractivity contribution < 1.29 is 4.79 Å². The lowest BCUT2D eigenvalue weighted by Crippen LogP contribution is -2.48. The average molecular weight is 224 g/mol. The molecule has 1 aliphatic heterocycles. The Kier molecular flexibility index (Phi) is 3.85. The van der Waals surface area contributed by atoms with Crippen molar-refractivity contribution >= 4 is 5.91 Å². The minimum Gasteiger partial charge on any atom is -0.341 e. The van der Waals surface area contributed by atoms with Gasteiger partial charge in [-0.2, -0.15) is 0 Å². The highest BCUT2D eigenvalue weighted by molar-refractivity contribution is 5.81. The summed E-state index contributed by atoms with van der Waals surface area (Å²) in [6, 6.07) is 0.534. The van der Waals surface area contributed by atoms with E-state index in [1.807, 2.05) is 0 Å². The van der Waals surface area contributed by atoms with E-state index in [1.54, 1.807) is 0 Å². The van der Waals surface area contributed by atoms with Crippen LogP contribution in [0.4, 0.5) is 0 Å². The standard InChI is InChI=1S/C13H24N2O/c1-3-6-14-11-5-4-7-15(9-11)13(16)12-8-10(12)2/h10-12,14H,3-9H2,1-2H3. The number of likely N-dealkylation sites (tertiary alicyclic amines) is 1. The lowest BCUT2D eigenvalue weighted by atomic mass is 10.0. The fourth-order valence-corrected chi connectivity index (χ4v) is 2.59. The van der Waals surface area contributed by atoms with E-state index in [9.17, 15) is 4.79 Å². The minimum atomic E-state index is 0.352. The smallest absolute Gasteiger partial charge is 0.226 e. The van der Waals surface area contributed by atoms with Gasteiger partial charge in [-0.15, -0.1) is 0 Å². The van der Waals surface area contributed by atoms with E-state index in [0.29, 0.717) is 23.8 Å². The molecule has 2 fully saturated rings. The van der Waals surface area contributed by atoms with Gasteiger partial charge in [0.1, 0.15) is 0 Å². The van der Waals surface area contributed by atoms with Gasteiger partial charge in [0.15, 0.2) is 0 Å². The Hall–Kier alpha value is -0.570. The van der Waals surface area contributed by atoms with Gasteiger partial charge in [0, 0.05) is 25.0 Å². The van der Waals surface area contributed by atoms with E-state index in [4.69, 9.17) is 0 Å². The molecule has 1 amide bonds. The van der Waals surface area contributed by atoms with Gasteiger partial charge in [0.2, 0.25) is 5.91 Å². The molecule has 0 spiro atoms. The normalized spacial score (nSPS) is 33.9. The van der Waals surface area contributed by atoms with Gasteiger partial charge in [0.25, 0.3) is 0 Å². The zero-order valence-electron chi connectivity index (χ0n) is 10.5. The molecule has 92 valence electrons. The van der Waals surface area contributed by atoms with Crippen molar-refractivity contribution in [3.63, 3.8) is 0 Å². The van der Waals surface area contributed by atoms with Crippen LogP contribution >= 0.6 is 0 Å². The van der Waals surface area contributed by atoms with Gasteiger partial charge in [0.05, 0.1) is 0 Å². The molecule has 1 saturated heterocycles. The third-order valence-corrected chi connectivity index (χ3v) is 3.84. The third kappa shape index (κ3) is 2.76. The van der Waals surface area contributed by atoms with Crippen LogP contribution in [0.2, 0.25) is 0 Å². The highest BCUT2D eigenvalue weighted by atomic mass is 16.2. The fourth-order valence-electron chi connectivity index (χ4n) is 2.59. The summed E-state index contributed by atoms with van der Waals surface area (Å²) in [6.45, 7) is 7.35. The molecule has 1 saturated carbocycles. The summed E-state index contributed by atoms with van der Waals surface area (Å²) in [6.07, 6.45) is 4.67. The number of nitrogens with zero attached hydrogens (tertiary/aromatic N) is 1. The maximum absolute atomic E-state index is 12.1. The summed E-state index contributed by atoms with van der Waals surface area (Å²) in [5.74, 6) is 1.40. The first kappa shape index (κ1) is 11.9. The summed E-state index contributed by atoms with van der Waals surface area (Å²) < 4.78 is 0. The Morgan fingerprint density at radius 2 is 2.25 bits per heavy atom. The monoisotopic (exact) mass is 224 g/mol. The van der Waals surface area contributed by atoms with Crippen molar-refractivity contribution in [2.24, 2.45) is 11.8 Å². The summed E-state index contributed by atoms with van der Waals surface area (Å²) >= 11 is 0. The number of carbonyl (C=O) groups excluding carboxylic acids is 1. The first-order chi connectivity index (χ1) is 7.72. The highest BCUT2D eigenvalue weighted by Gasteiger charge is 2.42. The Bertz CT molecular complexity index is 254. The van der Waals surface area contributed by atoms with Crippen LogP contribution in [0, 0.1) is 11.8 Å². The number of nitrogens with one attached hydrogen (secondary N) is 1. The second kappa shape index (κ2) is 5.17. The van der Waals surface area contributed by atoms with Gasteiger partial charge in [-0.1, -0.05) is 13.8 Å². The number of rotatable bonds is 4. The number of piperidine rings is 1. The van der Waals surface area contributed by atoms with Gasteiger partial charge in [-0.25, -0.2) is 0 Å². The maximum Gasteiger partial charge on any atom is 0.226 e. The molecule has 16 heavy (non-hydrogen) atoms. The Morgan fingerprint density at radius 3 is 2.88 bits per heavy atom. The minimum absolute atomic E-state index is 0.352. The first-order valence-electron chi connectivity index (χ1n) is 6.74. The van der Waals surface area contributed by atoms with Crippen LogP contribution in [0.3, 0.4) is 0 Å². The zero-order valence-corrected chi connectivity index (χ0v) is 10.5. The molecule has 3 nitrogen and oxygen atoms in total. The van der Waals surface area contributed by atoms with Gasteiger partial charge >= 0.3 is 0 Å². The zero-order chi connectivity index (χ0) is 11.5. The molecule has 3 unspecified atom stereocenters. The number of hydrogen-bond donors (Lipinski definition) is 1. The van der Waals surface area contributed by atoms with E-state index < -0.39 is 0 Å². The van der Waals surface area contributed by atoms with Crippen molar-refractivity contribution in [3.8, 4) is 0 Å². The molecular weight excluding hydrogens is 200 g/mol. The predicted molar refractivity (Wildman–Crippen MR) is 65.2 cm³/mol. The molecule has 3 heteroatoms. The molecule has 1 N–H and O–H groups in total. The molecule has 0 aromatic heterocycles. The quantitative estimate of drug-likeness (QED) is 0.787. The topological polar surface area (TPSA) is 32.3 Å². The Labute approximate surface area is 98.6 Å². The second-order valence-corrected chi connectivity index (χ2v) is 5.40. The predicted octanol–water partition coefficient (Wildman–Crippen LogP) is 1.63. The summed E-state index contributed by atoms with van der Waals surface area (Å²) in [4.78, 5) is 14.2. The SMILES string of the molecule is CCCNC1CCCN(C(=O)C2CC2C)C1. The van der Waals surface area contributed by atoms with E-state index in [0.717, 1.165) is 32.5 Å². The Balaban J connectivity index is 1.79. The lowest BCUT2D eigenvalue weighted by Gasteiger charge is -2.33. The summed E-state index contributed by atoms with van der Waals surface area (Å²) in [5.41, 5.74) is 0. The number of hydrogen-bond acceptors (Lipinski definition) is 2. The van der Waals surface area contributed by atoms with Gasteiger partial charge < -0.3 is 10.2 Å². The highest BCUT2D eigenvalue weighted by Crippen LogP contribution is 2.39. The van der Waals surface area contributed by atoms with Crippen LogP contribution in [0.15, 0.2) is 0 Å². The maximum atomic E-state index is 12.1. The van der Waals surface area contributed by atoms with Crippen molar-refractivity contribution in [1.82, 2.24) is 10.2 Å². The van der Waals surface area contributed by atoms with E-state index in [-0.39, 0.29) is 0 Å². The summed E-state index contributed by atoms with van der Waals surface area (Å²) in [5, 5.41) is 3.53. The van der Waals surface area contributed by atoms with Crippen molar-refractivity contribution in [2.75, 3.05) is 19.6 Å². The fraction of sp³-hybridized carbons (Fsp3) is 0.923. The van der Waals surface area contributed by atoms with Gasteiger partial charge in [-0.05, 0) is 38.1 Å². The van der Waals surface area contributed by atoms with Crippen LogP contribution in [0.5, 0.6) is 0 Å². The van der Waals surface area contributed by atoms with Crippen molar-refractivity contribution in [2.45, 2.75) is 45.6 Å². The number of amides is 1. The first-order valence-corrected chi connectivity index (χ1v) is 6.74. The molecule has 0 bridgehead atoms. The van der Waals surface area contributed by atoms with Crippen LogP contribution in [0.25, 0.3) is 0 Å². The molecule has 0 aromatic rings. The molecule has 1 aliphatic carbocycles. The van der Waals surface area contributed by atoms with Gasteiger partial charge in [-0.3, -0.25) is 4.79 Å². The third-order valence-electron chi connectivity index (χ3n) is 3.84. The van der Waals surface area contributed by atoms with Crippen LogP contribution in [-0.2, 0) is 4.79 Å². The van der Waals surface area contributed by atoms with E-state index >= 15 is 0 Å². The van der Waals surface area contributed by atoms with E-state index in [1.165, 1.54) is 12.8 Å². The van der Waals surface area contributed by atoms with Crippen LogP contribution < -0.4 is 5.32 Å². The molecule has 2 aliphatic rings. The molecule has 2 rings (SSSR count). The second-order valence-electron chi connectivity index (χ2n) is 5.40.